The predicted octanol–water partition coefficient (Wildman–Crippen LogP) is 2.12. The third-order valence-corrected chi connectivity index (χ3v) is 4.62. The molecule has 2 aliphatic heterocycles. The molecule has 25 heavy (non-hydrogen) atoms. The van der Waals surface area contributed by atoms with E-state index in [9.17, 15) is 22.8 Å². The molecule has 0 aromatic carbocycles. The predicted molar refractivity (Wildman–Crippen MR) is 82.9 cm³/mol. The van der Waals surface area contributed by atoms with Crippen LogP contribution in [-0.2, 0) is 6.18 Å². The summed E-state index contributed by atoms with van der Waals surface area (Å²) in [6.07, 6.45) is -1.47. The number of carbonyl (C=O) groups is 2. The Morgan fingerprint density at radius 3 is 2.60 bits per heavy atom. The molecule has 1 aromatic rings. The Labute approximate surface area is 143 Å². The quantitative estimate of drug-likeness (QED) is 0.883. The van der Waals surface area contributed by atoms with Crippen LogP contribution in [0.15, 0.2) is 18.3 Å². The topological polar surface area (TPSA) is 65.5 Å². The standard InChI is InChI=1S/C16H19F3N4O2/c17-16(18,19)12-3-1-6-20-13(12)14(24)22-9-4-11(5-10-22)23-8-2-7-21-15(23)25/h1,3,6,11H,2,4-5,7-10H2,(H,21,25). The van der Waals surface area contributed by atoms with Gasteiger partial charge in [-0.2, -0.15) is 13.2 Å². The van der Waals surface area contributed by atoms with Crippen molar-refractivity contribution in [3.63, 3.8) is 0 Å². The van der Waals surface area contributed by atoms with Gasteiger partial charge in [-0.15, -0.1) is 0 Å². The van der Waals surface area contributed by atoms with Gasteiger partial charge in [-0.1, -0.05) is 0 Å². The highest BCUT2D eigenvalue weighted by atomic mass is 19.4. The molecule has 3 amide bonds. The first-order valence-corrected chi connectivity index (χ1v) is 8.24. The van der Waals surface area contributed by atoms with Gasteiger partial charge in [0.05, 0.1) is 5.56 Å². The Bertz CT molecular complexity index is 657. The van der Waals surface area contributed by atoms with E-state index in [-0.39, 0.29) is 12.1 Å². The molecule has 9 heteroatoms. The molecule has 2 aliphatic rings. The van der Waals surface area contributed by atoms with Gasteiger partial charge in [0.1, 0.15) is 5.69 Å². The van der Waals surface area contributed by atoms with Crippen molar-refractivity contribution in [2.24, 2.45) is 0 Å². The highest BCUT2D eigenvalue weighted by molar-refractivity contribution is 5.94. The first-order chi connectivity index (χ1) is 11.9. The molecule has 3 rings (SSSR count). The van der Waals surface area contributed by atoms with Crippen molar-refractivity contribution in [1.29, 1.82) is 0 Å². The second kappa shape index (κ2) is 6.89. The van der Waals surface area contributed by atoms with E-state index in [2.05, 4.69) is 10.3 Å². The van der Waals surface area contributed by atoms with E-state index in [0.29, 0.717) is 39.0 Å². The second-order valence-electron chi connectivity index (χ2n) is 6.20. The second-order valence-corrected chi connectivity index (χ2v) is 6.20. The van der Waals surface area contributed by atoms with Crippen molar-refractivity contribution < 1.29 is 22.8 Å². The summed E-state index contributed by atoms with van der Waals surface area (Å²) in [7, 11) is 0. The minimum Gasteiger partial charge on any atom is -0.338 e. The van der Waals surface area contributed by atoms with Crippen LogP contribution in [-0.4, -0.2) is 58.9 Å². The van der Waals surface area contributed by atoms with E-state index in [4.69, 9.17) is 0 Å². The van der Waals surface area contributed by atoms with E-state index in [1.54, 1.807) is 4.90 Å². The lowest BCUT2D eigenvalue weighted by Gasteiger charge is -2.40. The van der Waals surface area contributed by atoms with Gasteiger partial charge in [0, 0.05) is 38.4 Å². The fraction of sp³-hybridized carbons (Fsp3) is 0.562. The maximum atomic E-state index is 13.1. The van der Waals surface area contributed by atoms with Crippen molar-refractivity contribution in [2.45, 2.75) is 31.5 Å². The van der Waals surface area contributed by atoms with Crippen LogP contribution in [0.2, 0.25) is 0 Å². The van der Waals surface area contributed by atoms with Crippen LogP contribution >= 0.6 is 0 Å². The molecule has 0 atom stereocenters. The largest absolute Gasteiger partial charge is 0.418 e. The maximum Gasteiger partial charge on any atom is 0.418 e. The monoisotopic (exact) mass is 356 g/mol. The molecule has 136 valence electrons. The fourth-order valence-corrected chi connectivity index (χ4v) is 3.33. The lowest BCUT2D eigenvalue weighted by molar-refractivity contribution is -0.138. The zero-order valence-electron chi connectivity index (χ0n) is 13.6. The number of nitrogens with zero attached hydrogens (tertiary/aromatic N) is 3. The lowest BCUT2D eigenvalue weighted by atomic mass is 10.0. The van der Waals surface area contributed by atoms with E-state index in [1.165, 1.54) is 17.2 Å². The molecule has 0 radical (unpaired) electrons. The van der Waals surface area contributed by atoms with Crippen molar-refractivity contribution in [2.75, 3.05) is 26.2 Å². The van der Waals surface area contributed by atoms with Gasteiger partial charge in [0.25, 0.3) is 5.91 Å². The summed E-state index contributed by atoms with van der Waals surface area (Å²) in [6.45, 7) is 1.94. The molecule has 0 bridgehead atoms. The summed E-state index contributed by atoms with van der Waals surface area (Å²) < 4.78 is 39.2. The van der Waals surface area contributed by atoms with Gasteiger partial charge in [0.2, 0.25) is 0 Å². The number of piperidine rings is 1. The van der Waals surface area contributed by atoms with Crippen molar-refractivity contribution >= 4 is 11.9 Å². The first-order valence-electron chi connectivity index (χ1n) is 8.24. The van der Waals surface area contributed by atoms with Gasteiger partial charge in [-0.25, -0.2) is 4.79 Å². The molecule has 1 aromatic heterocycles. The Morgan fingerprint density at radius 2 is 1.96 bits per heavy atom. The number of likely N-dealkylation sites (tertiary alicyclic amines) is 1. The number of halogens is 3. The summed E-state index contributed by atoms with van der Waals surface area (Å²) in [5.41, 5.74) is -1.58. The van der Waals surface area contributed by atoms with Crippen LogP contribution in [0.1, 0.15) is 35.3 Å². The summed E-state index contributed by atoms with van der Waals surface area (Å²) in [6, 6.07) is 1.93. The number of hydrogen-bond acceptors (Lipinski definition) is 3. The smallest absolute Gasteiger partial charge is 0.338 e. The molecule has 0 unspecified atom stereocenters. The molecule has 3 heterocycles. The molecule has 6 nitrogen and oxygen atoms in total. The van der Waals surface area contributed by atoms with Crippen molar-refractivity contribution in [3.8, 4) is 0 Å². The molecular formula is C16H19F3N4O2. The van der Waals surface area contributed by atoms with Gasteiger partial charge < -0.3 is 15.1 Å². The summed E-state index contributed by atoms with van der Waals surface area (Å²) >= 11 is 0. The number of alkyl halides is 3. The Morgan fingerprint density at radius 1 is 1.24 bits per heavy atom. The molecule has 0 aliphatic carbocycles. The van der Waals surface area contributed by atoms with Gasteiger partial charge in [-0.05, 0) is 31.4 Å². The molecule has 2 fully saturated rings. The first kappa shape index (κ1) is 17.5. The number of pyridine rings is 1. The van der Waals surface area contributed by atoms with Crippen LogP contribution in [0.25, 0.3) is 0 Å². The molecule has 0 saturated carbocycles. The van der Waals surface area contributed by atoms with Gasteiger partial charge in [-0.3, -0.25) is 9.78 Å². The van der Waals surface area contributed by atoms with E-state index in [1.807, 2.05) is 0 Å². The van der Waals surface area contributed by atoms with E-state index in [0.717, 1.165) is 12.5 Å². The average Bonchev–Trinajstić information content (AvgIpc) is 2.61. The van der Waals surface area contributed by atoms with Gasteiger partial charge in [0.15, 0.2) is 0 Å². The van der Waals surface area contributed by atoms with Crippen LogP contribution in [0.4, 0.5) is 18.0 Å². The number of urea groups is 1. The zero-order valence-corrected chi connectivity index (χ0v) is 13.6. The normalized spacial score (nSPS) is 19.7. The third-order valence-electron chi connectivity index (χ3n) is 4.62. The highest BCUT2D eigenvalue weighted by Crippen LogP contribution is 2.32. The van der Waals surface area contributed by atoms with Crippen LogP contribution in [0, 0.1) is 0 Å². The van der Waals surface area contributed by atoms with Crippen LogP contribution in [0.3, 0.4) is 0 Å². The van der Waals surface area contributed by atoms with Gasteiger partial charge >= 0.3 is 12.2 Å². The molecule has 1 N–H and O–H groups in total. The number of aromatic nitrogens is 1. The summed E-state index contributed by atoms with van der Waals surface area (Å²) in [5.74, 6) is -0.713. The Balaban J connectivity index is 1.67. The van der Waals surface area contributed by atoms with Crippen molar-refractivity contribution in [1.82, 2.24) is 20.1 Å². The zero-order chi connectivity index (χ0) is 18.0. The maximum absolute atomic E-state index is 13.1. The van der Waals surface area contributed by atoms with Crippen LogP contribution in [0.5, 0.6) is 0 Å². The SMILES string of the molecule is O=C(c1ncccc1C(F)(F)F)N1CCC(N2CCCNC2=O)CC1. The van der Waals surface area contributed by atoms with Crippen molar-refractivity contribution in [3.05, 3.63) is 29.6 Å². The summed E-state index contributed by atoms with van der Waals surface area (Å²) in [4.78, 5) is 31.2. The average molecular weight is 356 g/mol. The number of amides is 3. The number of hydrogen-bond donors (Lipinski definition) is 1. The van der Waals surface area contributed by atoms with E-state index >= 15 is 0 Å². The molecule has 2 saturated heterocycles. The Kier molecular flexibility index (Phi) is 4.82. The molecule has 0 spiro atoms. The highest BCUT2D eigenvalue weighted by Gasteiger charge is 2.38. The minimum atomic E-state index is -4.62. The summed E-state index contributed by atoms with van der Waals surface area (Å²) in [5, 5.41) is 2.78. The fourth-order valence-electron chi connectivity index (χ4n) is 3.33. The lowest BCUT2D eigenvalue weighted by Crippen LogP contribution is -2.54. The number of carbonyl (C=O) groups excluding carboxylic acids is 2. The minimum absolute atomic E-state index is 0.00942. The van der Waals surface area contributed by atoms with Crippen LogP contribution < -0.4 is 5.32 Å². The van der Waals surface area contributed by atoms with E-state index < -0.39 is 23.3 Å². The third kappa shape index (κ3) is 3.69. The molecular weight excluding hydrogens is 337 g/mol. The number of rotatable bonds is 2. The number of nitrogens with one attached hydrogen (secondary N) is 1. The Hall–Kier alpha value is -2.32.